The smallest absolute Gasteiger partial charge is 0.115 e. The molecule has 0 unspecified atom stereocenters. The van der Waals surface area contributed by atoms with Gasteiger partial charge in [-0.25, -0.2) is 0 Å². The molecule has 0 heterocycles. The Bertz CT molecular complexity index is 1060. The third-order valence-corrected chi connectivity index (χ3v) is 6.24. The minimum atomic E-state index is 0.273. The number of aliphatic imine (C=N–C) groups is 1. The summed E-state index contributed by atoms with van der Waals surface area (Å²) in [5.74, 6) is 0.273. The van der Waals surface area contributed by atoms with Gasteiger partial charge in [-0.3, -0.25) is 4.99 Å². The number of anilines is 1. The van der Waals surface area contributed by atoms with E-state index in [1.54, 1.807) is 12.1 Å². The number of hydrogen-bond donors (Lipinski definition) is 2. The number of hydrogen-bond acceptors (Lipinski definition) is 3. The van der Waals surface area contributed by atoms with Crippen molar-refractivity contribution < 1.29 is 5.11 Å². The quantitative estimate of drug-likeness (QED) is 0.301. The van der Waals surface area contributed by atoms with Crippen LogP contribution in [0.4, 0.5) is 11.4 Å². The largest absolute Gasteiger partial charge is 0.508 e. The van der Waals surface area contributed by atoms with Crippen molar-refractivity contribution in [3.05, 3.63) is 87.5 Å². The summed E-state index contributed by atoms with van der Waals surface area (Å²) in [5, 5.41) is 9.58. The summed E-state index contributed by atoms with van der Waals surface area (Å²) in [6, 6.07) is 16.4. The molecule has 32 heavy (non-hydrogen) atoms. The fraction of sp³-hybridized carbons (Fsp3) is 0.345. The summed E-state index contributed by atoms with van der Waals surface area (Å²) in [6.45, 7) is 10.8. The van der Waals surface area contributed by atoms with Gasteiger partial charge >= 0.3 is 0 Å². The van der Waals surface area contributed by atoms with Gasteiger partial charge in [-0.1, -0.05) is 52.0 Å². The second-order valence-electron chi connectivity index (χ2n) is 8.43. The highest BCUT2D eigenvalue weighted by Crippen LogP contribution is 2.31. The fourth-order valence-electron chi connectivity index (χ4n) is 4.33. The number of rotatable bonds is 8. The normalized spacial score (nSPS) is 11.7. The highest BCUT2D eigenvalue weighted by Gasteiger charge is 2.12. The Hall–Kier alpha value is -3.07. The van der Waals surface area contributed by atoms with Crippen LogP contribution in [0.15, 0.2) is 53.5 Å². The molecule has 0 bridgehead atoms. The molecule has 0 saturated carbocycles. The number of aryl methyl sites for hydroxylation is 4. The monoisotopic (exact) mass is 428 g/mol. The van der Waals surface area contributed by atoms with Crippen LogP contribution in [-0.2, 0) is 32.1 Å². The lowest BCUT2D eigenvalue weighted by Gasteiger charge is -2.16. The molecule has 168 valence electrons. The van der Waals surface area contributed by atoms with E-state index >= 15 is 0 Å². The number of nitrogen functional groups attached to an aromatic ring is 1. The van der Waals surface area contributed by atoms with Gasteiger partial charge in [0.25, 0.3) is 0 Å². The van der Waals surface area contributed by atoms with E-state index in [-0.39, 0.29) is 5.75 Å². The van der Waals surface area contributed by atoms with Crippen molar-refractivity contribution in [1.82, 2.24) is 0 Å². The van der Waals surface area contributed by atoms with Gasteiger partial charge in [-0.15, -0.1) is 0 Å². The Kier molecular flexibility index (Phi) is 7.74. The summed E-state index contributed by atoms with van der Waals surface area (Å²) >= 11 is 0. The average molecular weight is 429 g/mol. The zero-order chi connectivity index (χ0) is 23.3. The third-order valence-electron chi connectivity index (χ3n) is 6.24. The number of aromatic hydroxyl groups is 1. The highest BCUT2D eigenvalue weighted by molar-refractivity contribution is 6.00. The molecule has 0 aliphatic carbocycles. The number of nitrogens with two attached hydrogens (primary N) is 1. The molecule has 0 fully saturated rings. The fourth-order valence-corrected chi connectivity index (χ4v) is 4.33. The molecular weight excluding hydrogens is 392 g/mol. The summed E-state index contributed by atoms with van der Waals surface area (Å²) in [7, 11) is 0. The first-order valence-electron chi connectivity index (χ1n) is 11.8. The predicted molar refractivity (Wildman–Crippen MR) is 138 cm³/mol. The molecule has 3 aromatic carbocycles. The molecule has 0 aliphatic heterocycles. The number of phenolic OH excluding ortho intramolecular Hbond substituents is 1. The second kappa shape index (κ2) is 10.5. The van der Waals surface area contributed by atoms with Crippen molar-refractivity contribution in [2.75, 3.05) is 5.73 Å². The molecule has 0 aliphatic rings. The summed E-state index contributed by atoms with van der Waals surface area (Å²) in [5.41, 5.74) is 18.1. The first-order chi connectivity index (χ1) is 15.4. The SMILES string of the molecule is CCc1cc(Cc2cc(CC)c(N=C(C)c3ccc(O)cc3)c(CC)c2)cc(CC)c1N. The standard InChI is InChI=1S/C29H36N2O/c1-6-22-15-20(16-23(7-2)28(22)30)14-21-17-24(8-3)29(25(9-4)18-21)31-19(5)26-10-12-27(32)13-11-26/h10-13,15-18,32H,6-9,14,30H2,1-5H3. The number of benzene rings is 3. The summed E-state index contributed by atoms with van der Waals surface area (Å²) in [4.78, 5) is 5.03. The molecule has 3 nitrogen and oxygen atoms in total. The molecule has 3 N–H and O–H groups in total. The van der Waals surface area contributed by atoms with E-state index in [1.807, 2.05) is 19.1 Å². The lowest BCUT2D eigenvalue weighted by atomic mass is 9.92. The minimum Gasteiger partial charge on any atom is -0.508 e. The van der Waals surface area contributed by atoms with E-state index in [0.717, 1.165) is 54.8 Å². The maximum Gasteiger partial charge on any atom is 0.115 e. The van der Waals surface area contributed by atoms with Gasteiger partial charge in [0, 0.05) is 11.4 Å². The van der Waals surface area contributed by atoms with E-state index in [0.29, 0.717) is 0 Å². The lowest BCUT2D eigenvalue weighted by molar-refractivity contribution is 0.475. The molecule has 0 aromatic heterocycles. The zero-order valence-corrected chi connectivity index (χ0v) is 20.1. The predicted octanol–water partition coefficient (Wildman–Crippen LogP) is 6.96. The van der Waals surface area contributed by atoms with Gasteiger partial charge in [0.15, 0.2) is 0 Å². The van der Waals surface area contributed by atoms with Crippen LogP contribution in [0.25, 0.3) is 0 Å². The molecule has 0 amide bonds. The van der Waals surface area contributed by atoms with Gasteiger partial charge < -0.3 is 10.8 Å². The summed E-state index contributed by atoms with van der Waals surface area (Å²) in [6.07, 6.45) is 4.69. The van der Waals surface area contributed by atoms with Crippen LogP contribution in [0.2, 0.25) is 0 Å². The Morgan fingerprint density at radius 1 is 0.750 bits per heavy atom. The van der Waals surface area contributed by atoms with Crippen LogP contribution >= 0.6 is 0 Å². The first kappa shape index (κ1) is 23.6. The van der Waals surface area contributed by atoms with Crippen LogP contribution in [0, 0.1) is 0 Å². The van der Waals surface area contributed by atoms with E-state index in [9.17, 15) is 5.11 Å². The molecule has 3 aromatic rings. The van der Waals surface area contributed by atoms with Crippen molar-refractivity contribution in [2.24, 2.45) is 4.99 Å². The van der Waals surface area contributed by atoms with Crippen molar-refractivity contribution in [1.29, 1.82) is 0 Å². The van der Waals surface area contributed by atoms with Crippen LogP contribution in [0.3, 0.4) is 0 Å². The van der Waals surface area contributed by atoms with Gasteiger partial charge in [0.1, 0.15) is 5.75 Å². The zero-order valence-electron chi connectivity index (χ0n) is 20.1. The third kappa shape index (κ3) is 5.21. The molecule has 0 radical (unpaired) electrons. The Morgan fingerprint density at radius 2 is 1.19 bits per heavy atom. The van der Waals surface area contributed by atoms with Crippen LogP contribution in [-0.4, -0.2) is 10.8 Å². The molecule has 0 saturated heterocycles. The molecule has 0 atom stereocenters. The minimum absolute atomic E-state index is 0.273. The van der Waals surface area contributed by atoms with Crippen LogP contribution in [0.1, 0.15) is 73.6 Å². The van der Waals surface area contributed by atoms with Gasteiger partial charge in [0.2, 0.25) is 0 Å². The number of nitrogens with zero attached hydrogens (tertiary/aromatic N) is 1. The Balaban J connectivity index is 2.01. The van der Waals surface area contributed by atoms with E-state index in [2.05, 4.69) is 52.0 Å². The van der Waals surface area contributed by atoms with Crippen molar-refractivity contribution in [2.45, 2.75) is 66.7 Å². The molecule has 3 heteroatoms. The van der Waals surface area contributed by atoms with Crippen molar-refractivity contribution >= 4 is 17.1 Å². The van der Waals surface area contributed by atoms with Crippen LogP contribution < -0.4 is 5.73 Å². The van der Waals surface area contributed by atoms with E-state index < -0.39 is 0 Å². The second-order valence-corrected chi connectivity index (χ2v) is 8.43. The Labute approximate surface area is 193 Å². The maximum atomic E-state index is 9.58. The van der Waals surface area contributed by atoms with E-state index in [1.165, 1.54) is 33.4 Å². The molecular formula is C29H36N2O. The number of phenols is 1. The van der Waals surface area contributed by atoms with Gasteiger partial charge in [0.05, 0.1) is 5.69 Å². The van der Waals surface area contributed by atoms with Crippen LogP contribution in [0.5, 0.6) is 5.75 Å². The topological polar surface area (TPSA) is 58.6 Å². The maximum absolute atomic E-state index is 9.58. The van der Waals surface area contributed by atoms with Crippen molar-refractivity contribution in [3.8, 4) is 5.75 Å². The van der Waals surface area contributed by atoms with Gasteiger partial charge in [-0.2, -0.15) is 0 Å². The highest BCUT2D eigenvalue weighted by atomic mass is 16.3. The van der Waals surface area contributed by atoms with Gasteiger partial charge in [-0.05, 0) is 102 Å². The molecule has 3 rings (SSSR count). The first-order valence-corrected chi connectivity index (χ1v) is 11.8. The lowest BCUT2D eigenvalue weighted by Crippen LogP contribution is -2.02. The summed E-state index contributed by atoms with van der Waals surface area (Å²) < 4.78 is 0. The van der Waals surface area contributed by atoms with Crippen molar-refractivity contribution in [3.63, 3.8) is 0 Å². The molecule has 0 spiro atoms. The Morgan fingerprint density at radius 3 is 1.62 bits per heavy atom. The average Bonchev–Trinajstić information content (AvgIpc) is 2.80. The van der Waals surface area contributed by atoms with E-state index in [4.69, 9.17) is 10.7 Å².